The molecule has 2 bridgehead atoms. The van der Waals surface area contributed by atoms with Crippen LogP contribution in [0.5, 0.6) is 0 Å². The molecule has 0 amide bonds. The molecule has 2 saturated heterocycles. The Kier molecular flexibility index (Phi) is 2.98. The van der Waals surface area contributed by atoms with Crippen LogP contribution in [0.2, 0.25) is 0 Å². The van der Waals surface area contributed by atoms with Crippen molar-refractivity contribution in [1.82, 2.24) is 9.97 Å². The fourth-order valence-electron chi connectivity index (χ4n) is 3.14. The summed E-state index contributed by atoms with van der Waals surface area (Å²) in [7, 11) is 0. The quantitative estimate of drug-likeness (QED) is 0.301. The standard InChI is InChI=1S/C12H17N5O2/c13-11(16-19)10-3-4-14-12(15-10)17-7-1-2-8(17)6-9(18)5-7/h3-4,7-9,18-19H,1-2,5-6H2,(H2,13,16). The van der Waals surface area contributed by atoms with Crippen molar-refractivity contribution in [3.63, 3.8) is 0 Å². The van der Waals surface area contributed by atoms with Gasteiger partial charge < -0.3 is 20.9 Å². The summed E-state index contributed by atoms with van der Waals surface area (Å²) in [5.74, 6) is 0.580. The molecule has 2 aliphatic heterocycles. The van der Waals surface area contributed by atoms with E-state index in [1.54, 1.807) is 12.3 Å². The highest BCUT2D eigenvalue weighted by Gasteiger charge is 2.41. The summed E-state index contributed by atoms with van der Waals surface area (Å²) < 4.78 is 0. The first-order valence-corrected chi connectivity index (χ1v) is 6.46. The Hall–Kier alpha value is -1.89. The minimum atomic E-state index is -0.221. The van der Waals surface area contributed by atoms with E-state index in [0.717, 1.165) is 25.7 Å². The predicted octanol–water partition coefficient (Wildman–Crippen LogP) is 0.0632. The molecular weight excluding hydrogens is 246 g/mol. The lowest BCUT2D eigenvalue weighted by Crippen LogP contribution is -2.45. The second-order valence-corrected chi connectivity index (χ2v) is 5.14. The van der Waals surface area contributed by atoms with Crippen LogP contribution < -0.4 is 10.6 Å². The number of aliphatic hydroxyl groups is 1. The molecule has 2 aliphatic rings. The minimum absolute atomic E-state index is 0.0203. The highest BCUT2D eigenvalue weighted by Crippen LogP contribution is 2.37. The molecule has 2 atom stereocenters. The third-order valence-electron chi connectivity index (χ3n) is 3.95. The fraction of sp³-hybridized carbons (Fsp3) is 0.583. The molecule has 2 unspecified atom stereocenters. The summed E-state index contributed by atoms with van der Waals surface area (Å²) in [6.07, 6.45) is 5.01. The van der Waals surface area contributed by atoms with Crippen molar-refractivity contribution in [2.24, 2.45) is 10.9 Å². The molecule has 3 rings (SSSR count). The zero-order valence-electron chi connectivity index (χ0n) is 10.5. The van der Waals surface area contributed by atoms with Crippen molar-refractivity contribution < 1.29 is 10.3 Å². The highest BCUT2D eigenvalue weighted by atomic mass is 16.4. The summed E-state index contributed by atoms with van der Waals surface area (Å²) in [6, 6.07) is 2.19. The molecule has 4 N–H and O–H groups in total. The summed E-state index contributed by atoms with van der Waals surface area (Å²) >= 11 is 0. The van der Waals surface area contributed by atoms with Gasteiger partial charge in [-0.05, 0) is 31.7 Å². The number of anilines is 1. The number of piperidine rings is 1. The van der Waals surface area contributed by atoms with Gasteiger partial charge in [0.25, 0.3) is 0 Å². The molecular formula is C12H17N5O2. The second-order valence-electron chi connectivity index (χ2n) is 5.14. The first-order chi connectivity index (χ1) is 9.19. The molecule has 0 radical (unpaired) electrons. The van der Waals surface area contributed by atoms with Gasteiger partial charge in [-0.25, -0.2) is 9.97 Å². The van der Waals surface area contributed by atoms with Crippen molar-refractivity contribution >= 4 is 11.8 Å². The van der Waals surface area contributed by atoms with Gasteiger partial charge in [-0.2, -0.15) is 0 Å². The SMILES string of the molecule is N/C(=N/O)c1ccnc(N2C3CCC2CC(O)C3)n1. The fourth-order valence-corrected chi connectivity index (χ4v) is 3.14. The molecule has 1 aromatic rings. The van der Waals surface area contributed by atoms with Gasteiger partial charge in [0.05, 0.1) is 6.10 Å². The van der Waals surface area contributed by atoms with Gasteiger partial charge in [-0.3, -0.25) is 0 Å². The molecule has 1 aromatic heterocycles. The summed E-state index contributed by atoms with van der Waals surface area (Å²) in [5, 5.41) is 21.4. The van der Waals surface area contributed by atoms with E-state index in [2.05, 4.69) is 20.0 Å². The first kappa shape index (κ1) is 12.2. The van der Waals surface area contributed by atoms with Crippen LogP contribution in [0.3, 0.4) is 0 Å². The number of nitrogens with zero attached hydrogens (tertiary/aromatic N) is 4. The lowest BCUT2D eigenvalue weighted by molar-refractivity contribution is 0.125. The lowest BCUT2D eigenvalue weighted by atomic mass is 10.0. The van der Waals surface area contributed by atoms with Crippen LogP contribution in [0.25, 0.3) is 0 Å². The Morgan fingerprint density at radius 1 is 1.37 bits per heavy atom. The molecule has 7 heteroatoms. The Labute approximate surface area is 110 Å². The van der Waals surface area contributed by atoms with Crippen molar-refractivity contribution in [2.75, 3.05) is 4.90 Å². The van der Waals surface area contributed by atoms with Gasteiger partial charge in [-0.15, -0.1) is 0 Å². The summed E-state index contributed by atoms with van der Waals surface area (Å²) in [4.78, 5) is 10.8. The van der Waals surface area contributed by atoms with Gasteiger partial charge in [0.2, 0.25) is 5.95 Å². The maximum absolute atomic E-state index is 9.80. The van der Waals surface area contributed by atoms with Crippen molar-refractivity contribution in [3.8, 4) is 0 Å². The third kappa shape index (κ3) is 2.10. The van der Waals surface area contributed by atoms with Crippen LogP contribution in [-0.2, 0) is 0 Å². The van der Waals surface area contributed by atoms with Gasteiger partial charge in [0.1, 0.15) is 5.69 Å². The molecule has 2 fully saturated rings. The Balaban J connectivity index is 1.91. The number of aliphatic hydroxyl groups excluding tert-OH is 1. The van der Waals surface area contributed by atoms with Crippen LogP contribution in [0.4, 0.5) is 5.95 Å². The number of hydrogen-bond donors (Lipinski definition) is 3. The minimum Gasteiger partial charge on any atom is -0.409 e. The maximum Gasteiger partial charge on any atom is 0.226 e. The van der Waals surface area contributed by atoms with Crippen molar-refractivity contribution in [2.45, 2.75) is 43.9 Å². The van der Waals surface area contributed by atoms with Crippen LogP contribution in [0.15, 0.2) is 17.4 Å². The number of aromatic nitrogens is 2. The number of oxime groups is 1. The lowest BCUT2D eigenvalue weighted by Gasteiger charge is -2.37. The number of hydrogen-bond acceptors (Lipinski definition) is 6. The van der Waals surface area contributed by atoms with E-state index in [9.17, 15) is 5.11 Å². The maximum atomic E-state index is 9.80. The predicted molar refractivity (Wildman–Crippen MR) is 69.1 cm³/mol. The van der Waals surface area contributed by atoms with Gasteiger partial charge in [0, 0.05) is 18.3 Å². The van der Waals surface area contributed by atoms with E-state index < -0.39 is 0 Å². The number of nitrogens with two attached hydrogens (primary N) is 1. The van der Waals surface area contributed by atoms with Gasteiger partial charge in [0.15, 0.2) is 5.84 Å². The van der Waals surface area contributed by atoms with E-state index in [1.807, 2.05) is 0 Å². The average Bonchev–Trinajstić information content (AvgIpc) is 2.70. The average molecular weight is 263 g/mol. The van der Waals surface area contributed by atoms with E-state index in [4.69, 9.17) is 10.9 Å². The molecule has 19 heavy (non-hydrogen) atoms. The Bertz CT molecular complexity index is 493. The van der Waals surface area contributed by atoms with Crippen LogP contribution in [0.1, 0.15) is 31.4 Å². The molecule has 102 valence electrons. The zero-order chi connectivity index (χ0) is 13.4. The van der Waals surface area contributed by atoms with Crippen molar-refractivity contribution in [3.05, 3.63) is 18.0 Å². The van der Waals surface area contributed by atoms with Crippen LogP contribution in [0, 0.1) is 0 Å². The molecule has 7 nitrogen and oxygen atoms in total. The number of fused-ring (bicyclic) bond motifs is 2. The molecule has 0 saturated carbocycles. The largest absolute Gasteiger partial charge is 0.409 e. The van der Waals surface area contributed by atoms with E-state index in [1.165, 1.54) is 0 Å². The van der Waals surface area contributed by atoms with E-state index >= 15 is 0 Å². The topological polar surface area (TPSA) is 108 Å². The smallest absolute Gasteiger partial charge is 0.226 e. The number of amidine groups is 1. The monoisotopic (exact) mass is 263 g/mol. The Morgan fingerprint density at radius 3 is 2.68 bits per heavy atom. The van der Waals surface area contributed by atoms with E-state index in [-0.39, 0.29) is 24.0 Å². The molecule has 0 aromatic carbocycles. The van der Waals surface area contributed by atoms with Gasteiger partial charge >= 0.3 is 0 Å². The zero-order valence-corrected chi connectivity index (χ0v) is 10.5. The third-order valence-corrected chi connectivity index (χ3v) is 3.95. The van der Waals surface area contributed by atoms with Gasteiger partial charge in [-0.1, -0.05) is 5.16 Å². The highest BCUT2D eigenvalue weighted by molar-refractivity contribution is 5.95. The summed E-state index contributed by atoms with van der Waals surface area (Å²) in [5.41, 5.74) is 5.97. The summed E-state index contributed by atoms with van der Waals surface area (Å²) in [6.45, 7) is 0. The molecule has 0 aliphatic carbocycles. The molecule has 0 spiro atoms. The molecule has 3 heterocycles. The number of rotatable bonds is 2. The van der Waals surface area contributed by atoms with Crippen molar-refractivity contribution in [1.29, 1.82) is 0 Å². The normalized spacial score (nSPS) is 30.7. The van der Waals surface area contributed by atoms with Crippen LogP contribution in [-0.4, -0.2) is 44.3 Å². The van der Waals surface area contributed by atoms with E-state index in [0.29, 0.717) is 11.6 Å². The Morgan fingerprint density at radius 2 is 2.05 bits per heavy atom. The first-order valence-electron chi connectivity index (χ1n) is 6.46. The second kappa shape index (κ2) is 4.65. The van der Waals surface area contributed by atoms with Crippen LogP contribution >= 0.6 is 0 Å².